The van der Waals surface area contributed by atoms with Gasteiger partial charge < -0.3 is 10.1 Å². The van der Waals surface area contributed by atoms with Crippen molar-refractivity contribution in [2.45, 2.75) is 64.8 Å². The van der Waals surface area contributed by atoms with E-state index in [4.69, 9.17) is 4.74 Å². The summed E-state index contributed by atoms with van der Waals surface area (Å²) in [7, 11) is 0. The number of unbranched alkanes of at least 4 members (excludes halogenated alkanes) is 2. The Morgan fingerprint density at radius 1 is 0.950 bits per heavy atom. The molecule has 0 aliphatic carbocycles. The van der Waals surface area contributed by atoms with Crippen molar-refractivity contribution in [1.29, 1.82) is 0 Å². The van der Waals surface area contributed by atoms with Gasteiger partial charge in [0, 0.05) is 6.04 Å². The van der Waals surface area contributed by atoms with Gasteiger partial charge in [-0.25, -0.2) is 0 Å². The summed E-state index contributed by atoms with van der Waals surface area (Å²) < 4.78 is 5.71. The number of ether oxygens (including phenoxy) is 1. The minimum Gasteiger partial charge on any atom is -0.494 e. The number of rotatable bonds is 12. The predicted octanol–water partition coefficient (Wildman–Crippen LogP) is 4.79. The maximum absolute atomic E-state index is 5.71. The second-order valence-electron chi connectivity index (χ2n) is 5.45. The second kappa shape index (κ2) is 11.8. The van der Waals surface area contributed by atoms with Gasteiger partial charge in [-0.3, -0.25) is 0 Å². The molecule has 2 nitrogen and oxygen atoms in total. The third kappa shape index (κ3) is 8.21. The Morgan fingerprint density at radius 2 is 1.75 bits per heavy atom. The molecule has 20 heavy (non-hydrogen) atoms. The number of para-hydroxylation sites is 1. The first-order valence-corrected chi connectivity index (χ1v) is 8.28. The predicted molar refractivity (Wildman–Crippen MR) is 87.4 cm³/mol. The summed E-state index contributed by atoms with van der Waals surface area (Å²) in [4.78, 5) is 0. The lowest BCUT2D eigenvalue weighted by Gasteiger charge is -2.17. The van der Waals surface area contributed by atoms with Gasteiger partial charge in [0.15, 0.2) is 0 Å². The zero-order valence-electron chi connectivity index (χ0n) is 13.2. The summed E-state index contributed by atoms with van der Waals surface area (Å²) in [5, 5.41) is 3.66. The average molecular weight is 277 g/mol. The van der Waals surface area contributed by atoms with Crippen molar-refractivity contribution in [3.63, 3.8) is 0 Å². The summed E-state index contributed by atoms with van der Waals surface area (Å²) in [5.74, 6) is 0.987. The number of benzene rings is 1. The molecular weight excluding hydrogens is 246 g/mol. The molecule has 2 heteroatoms. The van der Waals surface area contributed by atoms with E-state index in [-0.39, 0.29) is 0 Å². The molecular formula is C18H31NO. The molecule has 0 bridgehead atoms. The molecule has 0 saturated heterocycles. The molecule has 0 aliphatic rings. The lowest BCUT2D eigenvalue weighted by Crippen LogP contribution is -2.29. The van der Waals surface area contributed by atoms with Crippen LogP contribution in [0.15, 0.2) is 30.3 Å². The highest BCUT2D eigenvalue weighted by Gasteiger charge is 2.05. The molecule has 0 fully saturated rings. The molecule has 0 saturated carbocycles. The molecule has 1 rings (SSSR count). The van der Waals surface area contributed by atoms with Crippen LogP contribution in [0.1, 0.15) is 58.8 Å². The van der Waals surface area contributed by atoms with E-state index in [0.29, 0.717) is 0 Å². The van der Waals surface area contributed by atoms with Crippen molar-refractivity contribution in [2.75, 3.05) is 13.2 Å². The van der Waals surface area contributed by atoms with Crippen molar-refractivity contribution < 1.29 is 4.74 Å². The van der Waals surface area contributed by atoms with E-state index in [9.17, 15) is 0 Å². The highest BCUT2D eigenvalue weighted by molar-refractivity contribution is 5.20. The minimum absolute atomic E-state index is 0.718. The quantitative estimate of drug-likeness (QED) is 0.554. The van der Waals surface area contributed by atoms with Crippen LogP contribution in [0.5, 0.6) is 5.75 Å². The van der Waals surface area contributed by atoms with E-state index in [1.54, 1.807) is 0 Å². The van der Waals surface area contributed by atoms with E-state index in [1.165, 1.54) is 38.5 Å². The number of hydrogen-bond acceptors (Lipinski definition) is 2. The zero-order valence-corrected chi connectivity index (χ0v) is 13.2. The fourth-order valence-corrected chi connectivity index (χ4v) is 2.42. The molecule has 0 aliphatic heterocycles. The topological polar surface area (TPSA) is 21.3 Å². The van der Waals surface area contributed by atoms with Crippen LogP contribution >= 0.6 is 0 Å². The summed E-state index contributed by atoms with van der Waals surface area (Å²) in [6, 6.07) is 10.8. The first-order chi connectivity index (χ1) is 9.86. The normalized spacial score (nSPS) is 12.3. The van der Waals surface area contributed by atoms with Gasteiger partial charge in [0.2, 0.25) is 0 Å². The maximum Gasteiger partial charge on any atom is 0.119 e. The third-order valence-electron chi connectivity index (χ3n) is 3.53. The van der Waals surface area contributed by atoms with Crippen LogP contribution in [0.25, 0.3) is 0 Å². The Labute approximate surface area is 124 Å². The van der Waals surface area contributed by atoms with Crippen LogP contribution in [0.3, 0.4) is 0 Å². The largest absolute Gasteiger partial charge is 0.494 e. The zero-order chi connectivity index (χ0) is 14.5. The molecule has 0 heterocycles. The summed E-state index contributed by atoms with van der Waals surface area (Å²) in [6.45, 7) is 6.50. The standard InChI is InChI=1S/C18H31NO/c1-3-11-17(19-15-4-2)12-7-6-10-16-20-18-13-8-5-9-14-18/h5,8-9,13-14,17,19H,3-4,6-7,10-12,15-16H2,1-2H3. The van der Waals surface area contributed by atoms with Crippen LogP contribution in [-0.2, 0) is 0 Å². The van der Waals surface area contributed by atoms with Gasteiger partial charge in [-0.05, 0) is 44.4 Å². The van der Waals surface area contributed by atoms with Gasteiger partial charge >= 0.3 is 0 Å². The van der Waals surface area contributed by atoms with Gasteiger partial charge in [0.05, 0.1) is 6.61 Å². The fraction of sp³-hybridized carbons (Fsp3) is 0.667. The summed E-state index contributed by atoms with van der Waals surface area (Å²) in [5.41, 5.74) is 0. The van der Waals surface area contributed by atoms with Gasteiger partial charge in [-0.1, -0.05) is 51.3 Å². The molecule has 0 amide bonds. The van der Waals surface area contributed by atoms with E-state index in [2.05, 4.69) is 19.2 Å². The Kier molecular flexibility index (Phi) is 10.0. The van der Waals surface area contributed by atoms with E-state index in [0.717, 1.165) is 31.4 Å². The van der Waals surface area contributed by atoms with E-state index in [1.807, 2.05) is 30.3 Å². The van der Waals surface area contributed by atoms with Crippen molar-refractivity contribution in [1.82, 2.24) is 5.32 Å². The maximum atomic E-state index is 5.71. The van der Waals surface area contributed by atoms with Crippen molar-refractivity contribution in [3.05, 3.63) is 30.3 Å². The monoisotopic (exact) mass is 277 g/mol. The Balaban J connectivity index is 2.02. The second-order valence-corrected chi connectivity index (χ2v) is 5.45. The average Bonchev–Trinajstić information content (AvgIpc) is 2.49. The summed E-state index contributed by atoms with van der Waals surface area (Å²) >= 11 is 0. The molecule has 0 radical (unpaired) electrons. The molecule has 114 valence electrons. The fourth-order valence-electron chi connectivity index (χ4n) is 2.42. The van der Waals surface area contributed by atoms with Crippen LogP contribution < -0.4 is 10.1 Å². The molecule has 1 N–H and O–H groups in total. The Hall–Kier alpha value is -1.02. The molecule has 1 aromatic rings. The number of hydrogen-bond donors (Lipinski definition) is 1. The molecule has 1 unspecified atom stereocenters. The Morgan fingerprint density at radius 3 is 2.45 bits per heavy atom. The first-order valence-electron chi connectivity index (χ1n) is 8.28. The van der Waals surface area contributed by atoms with Gasteiger partial charge in [0.1, 0.15) is 5.75 Å². The lowest BCUT2D eigenvalue weighted by molar-refractivity contribution is 0.302. The van der Waals surface area contributed by atoms with Crippen LogP contribution in [0.2, 0.25) is 0 Å². The van der Waals surface area contributed by atoms with Crippen LogP contribution in [-0.4, -0.2) is 19.2 Å². The van der Waals surface area contributed by atoms with Crippen molar-refractivity contribution >= 4 is 0 Å². The van der Waals surface area contributed by atoms with Crippen molar-refractivity contribution in [2.24, 2.45) is 0 Å². The van der Waals surface area contributed by atoms with Crippen molar-refractivity contribution in [3.8, 4) is 5.75 Å². The molecule has 1 atom stereocenters. The lowest BCUT2D eigenvalue weighted by atomic mass is 10.0. The smallest absolute Gasteiger partial charge is 0.119 e. The third-order valence-corrected chi connectivity index (χ3v) is 3.53. The van der Waals surface area contributed by atoms with E-state index >= 15 is 0 Å². The summed E-state index contributed by atoms with van der Waals surface area (Å²) in [6.07, 6.45) is 8.84. The molecule has 0 spiro atoms. The highest BCUT2D eigenvalue weighted by atomic mass is 16.5. The first kappa shape index (κ1) is 17.0. The number of nitrogens with one attached hydrogen (secondary N) is 1. The van der Waals surface area contributed by atoms with E-state index < -0.39 is 0 Å². The SMILES string of the molecule is CCCNC(CCC)CCCCCOc1ccccc1. The Bertz CT molecular complexity index is 312. The minimum atomic E-state index is 0.718. The van der Waals surface area contributed by atoms with Gasteiger partial charge in [-0.15, -0.1) is 0 Å². The van der Waals surface area contributed by atoms with Crippen LogP contribution in [0, 0.1) is 0 Å². The van der Waals surface area contributed by atoms with Gasteiger partial charge in [0.25, 0.3) is 0 Å². The molecule has 0 aromatic heterocycles. The molecule has 1 aromatic carbocycles. The highest BCUT2D eigenvalue weighted by Crippen LogP contribution is 2.11. The van der Waals surface area contributed by atoms with Gasteiger partial charge in [-0.2, -0.15) is 0 Å². The van der Waals surface area contributed by atoms with Crippen LogP contribution in [0.4, 0.5) is 0 Å².